The van der Waals surface area contributed by atoms with Gasteiger partial charge in [0.25, 0.3) is 0 Å². The van der Waals surface area contributed by atoms with E-state index in [0.29, 0.717) is 5.41 Å². The maximum absolute atomic E-state index is 2.61. The van der Waals surface area contributed by atoms with Crippen molar-refractivity contribution >= 4 is 0 Å². The van der Waals surface area contributed by atoms with Crippen molar-refractivity contribution in [1.82, 2.24) is 4.90 Å². The average molecular weight is 223 g/mol. The van der Waals surface area contributed by atoms with Crippen LogP contribution in [0.2, 0.25) is 0 Å². The molecular formula is C15H29N. The van der Waals surface area contributed by atoms with Crippen molar-refractivity contribution in [2.75, 3.05) is 6.54 Å². The van der Waals surface area contributed by atoms with E-state index in [1.807, 2.05) is 0 Å². The van der Waals surface area contributed by atoms with Gasteiger partial charge in [0.05, 0.1) is 0 Å². The van der Waals surface area contributed by atoms with Crippen molar-refractivity contribution in [3.8, 4) is 0 Å². The molecular weight excluding hydrogens is 194 g/mol. The van der Waals surface area contributed by atoms with E-state index in [1.54, 1.807) is 5.57 Å². The number of hydrogen-bond acceptors (Lipinski definition) is 1. The number of hydrogen-bond donors (Lipinski definition) is 0. The molecule has 0 amide bonds. The Labute approximate surface area is 102 Å². The maximum atomic E-state index is 2.61. The molecule has 1 nitrogen and oxygen atoms in total. The Hall–Kier alpha value is -0.300. The topological polar surface area (TPSA) is 3.24 Å². The first-order valence-corrected chi connectivity index (χ1v) is 6.42. The van der Waals surface area contributed by atoms with Crippen LogP contribution >= 0.6 is 0 Å². The Morgan fingerprint density at radius 2 is 1.56 bits per heavy atom. The fourth-order valence-corrected chi connectivity index (χ4v) is 2.84. The molecule has 0 N–H and O–H groups in total. The lowest BCUT2D eigenvalue weighted by molar-refractivity contribution is 0.0281. The zero-order valence-electron chi connectivity index (χ0n) is 12.4. The van der Waals surface area contributed by atoms with Gasteiger partial charge in [0.1, 0.15) is 0 Å². The Balaban J connectivity index is 2.98. The molecule has 0 unspecified atom stereocenters. The molecule has 1 aliphatic rings. The quantitative estimate of drug-likeness (QED) is 0.555. The molecule has 1 heterocycles. The summed E-state index contributed by atoms with van der Waals surface area (Å²) < 4.78 is 0. The zero-order valence-corrected chi connectivity index (χ0v) is 12.4. The van der Waals surface area contributed by atoms with Crippen LogP contribution in [0.3, 0.4) is 0 Å². The zero-order chi connectivity index (χ0) is 12.8. The van der Waals surface area contributed by atoms with Crippen LogP contribution in [0.1, 0.15) is 61.8 Å². The molecule has 0 aromatic heterocycles. The molecule has 0 atom stereocenters. The van der Waals surface area contributed by atoms with Gasteiger partial charge < -0.3 is 0 Å². The lowest BCUT2D eigenvalue weighted by atomic mass is 9.75. The summed E-state index contributed by atoms with van der Waals surface area (Å²) in [5.41, 5.74) is 2.46. The normalized spacial score (nSPS) is 23.1. The summed E-state index contributed by atoms with van der Waals surface area (Å²) in [7, 11) is 0. The van der Waals surface area contributed by atoms with E-state index < -0.39 is 0 Å². The summed E-state index contributed by atoms with van der Waals surface area (Å²) in [4.78, 5) is 2.61. The fraction of sp³-hybridized carbons (Fsp3) is 0.867. The minimum atomic E-state index is 0.253. The average Bonchev–Trinajstić information content (AvgIpc) is 1.97. The number of rotatable bonds is 0. The highest BCUT2D eigenvalue weighted by molar-refractivity contribution is 5.20. The van der Waals surface area contributed by atoms with E-state index in [-0.39, 0.29) is 11.1 Å². The molecule has 0 aromatic carbocycles. The molecule has 0 aliphatic carbocycles. The molecule has 94 valence electrons. The second kappa shape index (κ2) is 3.87. The highest BCUT2D eigenvalue weighted by Gasteiger charge is 2.39. The first kappa shape index (κ1) is 13.8. The van der Waals surface area contributed by atoms with Crippen LogP contribution in [-0.4, -0.2) is 22.5 Å². The first-order valence-electron chi connectivity index (χ1n) is 6.42. The summed E-state index contributed by atoms with van der Waals surface area (Å²) in [6.45, 7) is 19.7. The second-order valence-corrected chi connectivity index (χ2v) is 7.75. The third kappa shape index (κ3) is 2.88. The van der Waals surface area contributed by atoms with Gasteiger partial charge in [-0.15, -0.1) is 0 Å². The van der Waals surface area contributed by atoms with Crippen LogP contribution in [0, 0.1) is 5.41 Å². The smallest absolute Gasteiger partial charge is 0.0198 e. The van der Waals surface area contributed by atoms with Crippen LogP contribution in [0.15, 0.2) is 11.6 Å². The molecule has 0 aromatic rings. The summed E-state index contributed by atoms with van der Waals surface area (Å²) in [6.07, 6.45) is 3.63. The van der Waals surface area contributed by atoms with Gasteiger partial charge in [0, 0.05) is 17.6 Å². The Morgan fingerprint density at radius 3 is 1.88 bits per heavy atom. The SMILES string of the molecule is CC(C)(C)C1=CCN(C(C)(C)C)C(C)(C)C1. The minimum Gasteiger partial charge on any atom is -0.289 e. The molecule has 1 aliphatic heterocycles. The summed E-state index contributed by atoms with van der Waals surface area (Å²) in [5, 5.41) is 0. The van der Waals surface area contributed by atoms with Gasteiger partial charge in [-0.1, -0.05) is 32.4 Å². The summed E-state index contributed by atoms with van der Waals surface area (Å²) in [5.74, 6) is 0. The van der Waals surface area contributed by atoms with Crippen molar-refractivity contribution in [2.24, 2.45) is 5.41 Å². The molecule has 0 bridgehead atoms. The Bertz CT molecular complexity index is 284. The standard InChI is InChI=1S/C15H29N/c1-13(2,3)12-9-10-16(14(4,5)6)15(7,8)11-12/h9H,10-11H2,1-8H3. The Morgan fingerprint density at radius 1 is 1.06 bits per heavy atom. The lowest BCUT2D eigenvalue weighted by Gasteiger charge is -2.51. The third-order valence-corrected chi connectivity index (χ3v) is 3.65. The predicted molar refractivity (Wildman–Crippen MR) is 72.7 cm³/mol. The van der Waals surface area contributed by atoms with Crippen molar-refractivity contribution in [1.29, 1.82) is 0 Å². The van der Waals surface area contributed by atoms with Crippen molar-refractivity contribution in [3.05, 3.63) is 11.6 Å². The second-order valence-electron chi connectivity index (χ2n) is 7.75. The molecule has 0 radical (unpaired) electrons. The fourth-order valence-electron chi connectivity index (χ4n) is 2.84. The summed E-state index contributed by atoms with van der Waals surface area (Å²) in [6, 6.07) is 0. The molecule has 0 saturated heterocycles. The van der Waals surface area contributed by atoms with Gasteiger partial charge in [-0.05, 0) is 46.5 Å². The van der Waals surface area contributed by atoms with Gasteiger partial charge in [-0.25, -0.2) is 0 Å². The van der Waals surface area contributed by atoms with Crippen LogP contribution in [0.5, 0.6) is 0 Å². The van der Waals surface area contributed by atoms with E-state index in [1.165, 1.54) is 6.42 Å². The van der Waals surface area contributed by atoms with Crippen LogP contribution < -0.4 is 0 Å². The molecule has 1 rings (SSSR count). The van der Waals surface area contributed by atoms with E-state index in [2.05, 4.69) is 66.4 Å². The van der Waals surface area contributed by atoms with E-state index in [4.69, 9.17) is 0 Å². The van der Waals surface area contributed by atoms with Crippen LogP contribution in [-0.2, 0) is 0 Å². The lowest BCUT2D eigenvalue weighted by Crippen LogP contribution is -2.56. The molecule has 16 heavy (non-hydrogen) atoms. The highest BCUT2D eigenvalue weighted by Crippen LogP contribution is 2.40. The van der Waals surface area contributed by atoms with E-state index in [0.717, 1.165) is 6.54 Å². The molecule has 0 fully saturated rings. The van der Waals surface area contributed by atoms with Crippen molar-refractivity contribution in [2.45, 2.75) is 72.9 Å². The summed E-state index contributed by atoms with van der Waals surface area (Å²) >= 11 is 0. The molecule has 0 saturated carbocycles. The minimum absolute atomic E-state index is 0.253. The van der Waals surface area contributed by atoms with E-state index in [9.17, 15) is 0 Å². The van der Waals surface area contributed by atoms with Gasteiger partial charge in [-0.3, -0.25) is 4.90 Å². The first-order chi connectivity index (χ1) is 6.94. The van der Waals surface area contributed by atoms with Crippen molar-refractivity contribution < 1.29 is 0 Å². The number of nitrogens with zero attached hydrogens (tertiary/aromatic N) is 1. The monoisotopic (exact) mass is 223 g/mol. The van der Waals surface area contributed by atoms with E-state index >= 15 is 0 Å². The van der Waals surface area contributed by atoms with Gasteiger partial charge in [0.15, 0.2) is 0 Å². The van der Waals surface area contributed by atoms with Crippen molar-refractivity contribution in [3.63, 3.8) is 0 Å². The molecule has 0 spiro atoms. The highest BCUT2D eigenvalue weighted by atomic mass is 15.2. The Kier molecular flexibility index (Phi) is 3.33. The predicted octanol–water partition coefficient (Wildman–Crippen LogP) is 4.24. The van der Waals surface area contributed by atoms with Gasteiger partial charge in [0.2, 0.25) is 0 Å². The molecule has 1 heteroatoms. The third-order valence-electron chi connectivity index (χ3n) is 3.65. The van der Waals surface area contributed by atoms with Crippen LogP contribution in [0.4, 0.5) is 0 Å². The van der Waals surface area contributed by atoms with Gasteiger partial charge >= 0.3 is 0 Å². The van der Waals surface area contributed by atoms with Crippen LogP contribution in [0.25, 0.3) is 0 Å². The maximum Gasteiger partial charge on any atom is 0.0198 e. The van der Waals surface area contributed by atoms with Gasteiger partial charge in [-0.2, -0.15) is 0 Å². The largest absolute Gasteiger partial charge is 0.289 e.